The lowest BCUT2D eigenvalue weighted by molar-refractivity contribution is 0.905. The fraction of sp³-hybridized carbons (Fsp3) is 0.182. The Morgan fingerprint density at radius 1 is 1.40 bits per heavy atom. The normalized spacial score (nSPS) is 12.4. The van der Waals surface area contributed by atoms with E-state index >= 15 is 0 Å². The number of rotatable bonds is 3. The molecular formula is C11H11BrN2S. The van der Waals surface area contributed by atoms with Gasteiger partial charge < -0.3 is 5.32 Å². The van der Waals surface area contributed by atoms with E-state index in [2.05, 4.69) is 50.7 Å². The summed E-state index contributed by atoms with van der Waals surface area (Å²) in [6, 6.07) is 8.48. The lowest BCUT2D eigenvalue weighted by Crippen LogP contribution is -2.04. The van der Waals surface area contributed by atoms with Crippen LogP contribution < -0.4 is 5.32 Å². The molecule has 2 rings (SSSR count). The third-order valence-corrected chi connectivity index (χ3v) is 3.60. The molecular weight excluding hydrogens is 272 g/mol. The first-order chi connectivity index (χ1) is 7.25. The molecule has 2 heterocycles. The van der Waals surface area contributed by atoms with E-state index in [1.54, 1.807) is 11.3 Å². The summed E-state index contributed by atoms with van der Waals surface area (Å²) >= 11 is 5.07. The van der Waals surface area contributed by atoms with Crippen molar-refractivity contribution in [1.82, 2.24) is 4.98 Å². The monoisotopic (exact) mass is 282 g/mol. The lowest BCUT2D eigenvalue weighted by Gasteiger charge is -2.12. The van der Waals surface area contributed by atoms with Gasteiger partial charge in [-0.3, -0.25) is 0 Å². The Kier molecular flexibility index (Phi) is 3.38. The predicted octanol–water partition coefficient (Wildman–Crippen LogP) is 4.08. The second-order valence-corrected chi connectivity index (χ2v) is 5.04. The SMILES string of the molecule is CC(Nc1ccc(Br)nc1)c1cccs1. The number of anilines is 1. The van der Waals surface area contributed by atoms with Gasteiger partial charge in [-0.1, -0.05) is 6.07 Å². The first-order valence-corrected chi connectivity index (χ1v) is 6.34. The first-order valence-electron chi connectivity index (χ1n) is 4.67. The van der Waals surface area contributed by atoms with Crippen LogP contribution >= 0.6 is 27.3 Å². The molecule has 0 aromatic carbocycles. The maximum atomic E-state index is 4.17. The molecule has 1 unspecified atom stereocenters. The molecule has 1 N–H and O–H groups in total. The van der Waals surface area contributed by atoms with Crippen molar-refractivity contribution >= 4 is 33.0 Å². The van der Waals surface area contributed by atoms with Gasteiger partial charge in [0.1, 0.15) is 4.60 Å². The standard InChI is InChI=1S/C11H11BrN2S/c1-8(10-3-2-6-15-10)14-9-4-5-11(12)13-7-9/h2-8,14H,1H3. The molecule has 0 aliphatic heterocycles. The van der Waals surface area contributed by atoms with Gasteiger partial charge in [0.25, 0.3) is 0 Å². The molecule has 2 aromatic heterocycles. The van der Waals surface area contributed by atoms with Crippen molar-refractivity contribution in [3.8, 4) is 0 Å². The fourth-order valence-corrected chi connectivity index (χ4v) is 2.29. The molecule has 0 amide bonds. The quantitative estimate of drug-likeness (QED) is 0.858. The summed E-state index contributed by atoms with van der Waals surface area (Å²) in [5, 5.41) is 5.49. The molecule has 2 aromatic rings. The minimum atomic E-state index is 0.327. The van der Waals surface area contributed by atoms with Gasteiger partial charge in [-0.25, -0.2) is 4.98 Å². The Morgan fingerprint density at radius 3 is 2.87 bits per heavy atom. The zero-order valence-corrected chi connectivity index (χ0v) is 10.7. The van der Waals surface area contributed by atoms with E-state index in [0.29, 0.717) is 6.04 Å². The van der Waals surface area contributed by atoms with Gasteiger partial charge >= 0.3 is 0 Å². The van der Waals surface area contributed by atoms with Crippen LogP contribution in [0.3, 0.4) is 0 Å². The summed E-state index contributed by atoms with van der Waals surface area (Å²) < 4.78 is 0.858. The van der Waals surface area contributed by atoms with Gasteiger partial charge in [0.05, 0.1) is 17.9 Å². The summed E-state index contributed by atoms with van der Waals surface area (Å²) in [5.74, 6) is 0. The van der Waals surface area contributed by atoms with E-state index in [1.807, 2.05) is 18.3 Å². The highest BCUT2D eigenvalue weighted by molar-refractivity contribution is 9.10. The third-order valence-electron chi connectivity index (χ3n) is 2.08. The molecule has 0 fully saturated rings. The van der Waals surface area contributed by atoms with E-state index in [1.165, 1.54) is 4.88 Å². The van der Waals surface area contributed by atoms with Crippen molar-refractivity contribution in [1.29, 1.82) is 0 Å². The van der Waals surface area contributed by atoms with E-state index < -0.39 is 0 Å². The summed E-state index contributed by atoms with van der Waals surface area (Å²) in [6.45, 7) is 2.15. The molecule has 0 bridgehead atoms. The van der Waals surface area contributed by atoms with Gasteiger partial charge in [-0.05, 0) is 46.4 Å². The van der Waals surface area contributed by atoms with Crippen LogP contribution in [0.5, 0.6) is 0 Å². The van der Waals surface area contributed by atoms with Crippen molar-refractivity contribution in [2.75, 3.05) is 5.32 Å². The summed E-state index contributed by atoms with van der Waals surface area (Å²) in [4.78, 5) is 5.50. The Morgan fingerprint density at radius 2 is 2.27 bits per heavy atom. The molecule has 0 aliphatic rings. The number of pyridine rings is 1. The maximum Gasteiger partial charge on any atom is 0.106 e. The van der Waals surface area contributed by atoms with Crippen LogP contribution in [0, 0.1) is 0 Å². The van der Waals surface area contributed by atoms with Crippen LogP contribution in [-0.4, -0.2) is 4.98 Å². The van der Waals surface area contributed by atoms with Crippen LogP contribution in [0.1, 0.15) is 17.8 Å². The number of thiophene rings is 1. The Labute approximate surface area is 101 Å². The summed E-state index contributed by atoms with van der Waals surface area (Å²) in [5.41, 5.74) is 1.04. The molecule has 15 heavy (non-hydrogen) atoms. The molecule has 4 heteroatoms. The fourth-order valence-electron chi connectivity index (χ4n) is 1.32. The zero-order chi connectivity index (χ0) is 10.7. The molecule has 78 valence electrons. The molecule has 2 nitrogen and oxygen atoms in total. The number of halogens is 1. The number of hydrogen-bond donors (Lipinski definition) is 1. The molecule has 0 spiro atoms. The largest absolute Gasteiger partial charge is 0.376 e. The molecule has 0 radical (unpaired) electrons. The maximum absolute atomic E-state index is 4.17. The van der Waals surface area contributed by atoms with Gasteiger partial charge in [0.2, 0.25) is 0 Å². The van der Waals surface area contributed by atoms with E-state index in [0.717, 1.165) is 10.3 Å². The van der Waals surface area contributed by atoms with E-state index in [4.69, 9.17) is 0 Å². The van der Waals surface area contributed by atoms with E-state index in [-0.39, 0.29) is 0 Å². The van der Waals surface area contributed by atoms with Crippen LogP contribution in [-0.2, 0) is 0 Å². The number of nitrogens with one attached hydrogen (secondary N) is 1. The average Bonchev–Trinajstić information content (AvgIpc) is 2.74. The second kappa shape index (κ2) is 4.77. The minimum Gasteiger partial charge on any atom is -0.376 e. The highest BCUT2D eigenvalue weighted by Gasteiger charge is 2.05. The molecule has 0 saturated heterocycles. The van der Waals surface area contributed by atoms with Gasteiger partial charge in [-0.15, -0.1) is 11.3 Å². The Hall–Kier alpha value is -0.870. The third kappa shape index (κ3) is 2.79. The highest BCUT2D eigenvalue weighted by atomic mass is 79.9. The predicted molar refractivity (Wildman–Crippen MR) is 68.3 cm³/mol. The summed E-state index contributed by atoms with van der Waals surface area (Å²) in [6.07, 6.45) is 1.83. The summed E-state index contributed by atoms with van der Waals surface area (Å²) in [7, 11) is 0. The second-order valence-electron chi connectivity index (χ2n) is 3.25. The van der Waals surface area contributed by atoms with Crippen molar-refractivity contribution in [2.24, 2.45) is 0 Å². The first kappa shape index (κ1) is 10.6. The van der Waals surface area contributed by atoms with Crippen molar-refractivity contribution in [2.45, 2.75) is 13.0 Å². The highest BCUT2D eigenvalue weighted by Crippen LogP contribution is 2.22. The minimum absolute atomic E-state index is 0.327. The topological polar surface area (TPSA) is 24.9 Å². The smallest absolute Gasteiger partial charge is 0.106 e. The number of aromatic nitrogens is 1. The van der Waals surface area contributed by atoms with Crippen molar-refractivity contribution in [3.05, 3.63) is 45.3 Å². The number of hydrogen-bond acceptors (Lipinski definition) is 3. The van der Waals surface area contributed by atoms with Gasteiger partial charge in [0.15, 0.2) is 0 Å². The van der Waals surface area contributed by atoms with Gasteiger partial charge in [-0.2, -0.15) is 0 Å². The van der Waals surface area contributed by atoms with Crippen LogP contribution in [0.15, 0.2) is 40.4 Å². The lowest BCUT2D eigenvalue weighted by atomic mass is 10.2. The zero-order valence-electron chi connectivity index (χ0n) is 8.27. The van der Waals surface area contributed by atoms with Crippen molar-refractivity contribution in [3.63, 3.8) is 0 Å². The Bertz CT molecular complexity index is 411. The van der Waals surface area contributed by atoms with Crippen LogP contribution in [0.25, 0.3) is 0 Å². The molecule has 0 saturated carbocycles. The Balaban J connectivity index is 2.06. The molecule has 1 atom stereocenters. The van der Waals surface area contributed by atoms with Crippen LogP contribution in [0.2, 0.25) is 0 Å². The van der Waals surface area contributed by atoms with Crippen molar-refractivity contribution < 1.29 is 0 Å². The van der Waals surface area contributed by atoms with Gasteiger partial charge in [0, 0.05) is 4.88 Å². The van der Waals surface area contributed by atoms with E-state index in [9.17, 15) is 0 Å². The average molecular weight is 283 g/mol. The molecule has 0 aliphatic carbocycles. The number of nitrogens with zero attached hydrogens (tertiary/aromatic N) is 1. The van der Waals surface area contributed by atoms with Crippen LogP contribution in [0.4, 0.5) is 5.69 Å².